The standard InChI is InChI=1S/C23H14N6/c24-14-21-23(27-20-9-5-4-8-19(20)26-21)17-10-12-18(13-11-17)29-22(15-25-28-29)16-6-2-1-3-7-16/h1-13,15H. The Morgan fingerprint density at radius 1 is 0.724 bits per heavy atom. The Kier molecular flexibility index (Phi) is 4.04. The van der Waals surface area contributed by atoms with Crippen LogP contribution in [0.4, 0.5) is 0 Å². The molecule has 5 aromatic rings. The number of aromatic nitrogens is 5. The van der Waals surface area contributed by atoms with Crippen LogP contribution in [0, 0.1) is 11.3 Å². The predicted molar refractivity (Wildman–Crippen MR) is 110 cm³/mol. The van der Waals surface area contributed by atoms with Gasteiger partial charge in [-0.25, -0.2) is 14.6 Å². The van der Waals surface area contributed by atoms with Crippen molar-refractivity contribution in [2.75, 3.05) is 0 Å². The number of para-hydroxylation sites is 2. The Balaban J connectivity index is 1.57. The monoisotopic (exact) mass is 374 g/mol. The Morgan fingerprint density at radius 3 is 2.14 bits per heavy atom. The molecule has 0 atom stereocenters. The molecule has 5 rings (SSSR count). The molecule has 0 bridgehead atoms. The zero-order chi connectivity index (χ0) is 19.6. The minimum Gasteiger partial charge on any atom is -0.243 e. The number of benzene rings is 3. The first-order chi connectivity index (χ1) is 14.3. The highest BCUT2D eigenvalue weighted by molar-refractivity contribution is 5.79. The number of rotatable bonds is 3. The summed E-state index contributed by atoms with van der Waals surface area (Å²) >= 11 is 0. The quantitative estimate of drug-likeness (QED) is 0.467. The van der Waals surface area contributed by atoms with E-state index in [-0.39, 0.29) is 0 Å². The third-order valence-corrected chi connectivity index (χ3v) is 4.68. The van der Waals surface area contributed by atoms with Crippen LogP contribution >= 0.6 is 0 Å². The molecule has 0 aliphatic rings. The molecule has 0 aliphatic carbocycles. The van der Waals surface area contributed by atoms with E-state index in [4.69, 9.17) is 0 Å². The molecule has 3 aromatic carbocycles. The lowest BCUT2D eigenvalue weighted by Gasteiger charge is -2.09. The van der Waals surface area contributed by atoms with E-state index in [0.29, 0.717) is 16.9 Å². The molecule has 0 N–H and O–H groups in total. The molecule has 2 aromatic heterocycles. The molecule has 6 heteroatoms. The van der Waals surface area contributed by atoms with Crippen LogP contribution in [0.1, 0.15) is 5.69 Å². The Morgan fingerprint density at radius 2 is 1.41 bits per heavy atom. The van der Waals surface area contributed by atoms with Crippen molar-refractivity contribution in [2.24, 2.45) is 0 Å². The lowest BCUT2D eigenvalue weighted by atomic mass is 10.1. The van der Waals surface area contributed by atoms with Gasteiger partial charge in [0.05, 0.1) is 28.6 Å². The Hall–Kier alpha value is -4.37. The second-order valence-corrected chi connectivity index (χ2v) is 6.47. The zero-order valence-electron chi connectivity index (χ0n) is 15.3. The van der Waals surface area contributed by atoms with Crippen LogP contribution < -0.4 is 0 Å². The molecule has 2 heterocycles. The summed E-state index contributed by atoms with van der Waals surface area (Å²) in [6.07, 6.45) is 1.74. The molecule has 136 valence electrons. The molecule has 0 spiro atoms. The third-order valence-electron chi connectivity index (χ3n) is 4.68. The van der Waals surface area contributed by atoms with Gasteiger partial charge in [0, 0.05) is 11.1 Å². The second-order valence-electron chi connectivity index (χ2n) is 6.47. The number of fused-ring (bicyclic) bond motifs is 1. The maximum Gasteiger partial charge on any atom is 0.167 e. The average Bonchev–Trinajstić information content (AvgIpc) is 3.29. The molecule has 0 fully saturated rings. The van der Waals surface area contributed by atoms with Crippen LogP contribution in [-0.4, -0.2) is 25.0 Å². The van der Waals surface area contributed by atoms with Gasteiger partial charge in [0.25, 0.3) is 0 Å². The average molecular weight is 374 g/mol. The van der Waals surface area contributed by atoms with Crippen molar-refractivity contribution in [1.82, 2.24) is 25.0 Å². The van der Waals surface area contributed by atoms with E-state index in [0.717, 1.165) is 28.0 Å². The summed E-state index contributed by atoms with van der Waals surface area (Å²) in [4.78, 5) is 9.10. The summed E-state index contributed by atoms with van der Waals surface area (Å²) in [5, 5.41) is 17.8. The van der Waals surface area contributed by atoms with E-state index in [1.807, 2.05) is 78.9 Å². The van der Waals surface area contributed by atoms with E-state index in [9.17, 15) is 5.26 Å². The topological polar surface area (TPSA) is 80.3 Å². The molecule has 0 aliphatic heterocycles. The van der Waals surface area contributed by atoms with Gasteiger partial charge in [-0.1, -0.05) is 59.8 Å². The zero-order valence-corrected chi connectivity index (χ0v) is 15.3. The summed E-state index contributed by atoms with van der Waals surface area (Å²) in [7, 11) is 0. The maximum absolute atomic E-state index is 9.53. The summed E-state index contributed by atoms with van der Waals surface area (Å²) in [5.74, 6) is 0. The fraction of sp³-hybridized carbons (Fsp3) is 0. The molecule has 0 radical (unpaired) electrons. The molecule has 6 nitrogen and oxygen atoms in total. The van der Waals surface area contributed by atoms with Gasteiger partial charge in [-0.3, -0.25) is 0 Å². The first-order valence-corrected chi connectivity index (χ1v) is 9.07. The number of nitrogens with zero attached hydrogens (tertiary/aromatic N) is 6. The summed E-state index contributed by atoms with van der Waals surface area (Å²) < 4.78 is 1.79. The fourth-order valence-electron chi connectivity index (χ4n) is 3.27. The largest absolute Gasteiger partial charge is 0.243 e. The van der Waals surface area contributed by atoms with E-state index >= 15 is 0 Å². The lowest BCUT2D eigenvalue weighted by molar-refractivity contribution is 0.808. The van der Waals surface area contributed by atoms with Crippen molar-refractivity contribution >= 4 is 11.0 Å². The van der Waals surface area contributed by atoms with Gasteiger partial charge in [-0.05, 0) is 24.3 Å². The van der Waals surface area contributed by atoms with Crippen molar-refractivity contribution in [3.05, 3.63) is 90.8 Å². The SMILES string of the molecule is N#Cc1nc2ccccc2nc1-c1ccc(-n2nncc2-c2ccccc2)cc1. The highest BCUT2D eigenvalue weighted by Crippen LogP contribution is 2.26. The first-order valence-electron chi connectivity index (χ1n) is 9.07. The van der Waals surface area contributed by atoms with E-state index in [1.165, 1.54) is 0 Å². The van der Waals surface area contributed by atoms with Crippen molar-refractivity contribution in [3.63, 3.8) is 0 Å². The van der Waals surface area contributed by atoms with E-state index < -0.39 is 0 Å². The number of nitriles is 1. The highest BCUT2D eigenvalue weighted by Gasteiger charge is 2.12. The molecule has 0 unspecified atom stereocenters. The first kappa shape index (κ1) is 16.8. The molecule has 0 amide bonds. The fourth-order valence-corrected chi connectivity index (χ4v) is 3.27. The van der Waals surface area contributed by atoms with Crippen LogP contribution in [0.3, 0.4) is 0 Å². The number of hydrogen-bond acceptors (Lipinski definition) is 5. The molecule has 0 saturated heterocycles. The van der Waals surface area contributed by atoms with Gasteiger partial charge in [0.15, 0.2) is 5.69 Å². The second kappa shape index (κ2) is 6.98. The van der Waals surface area contributed by atoms with Gasteiger partial charge in [-0.2, -0.15) is 5.26 Å². The van der Waals surface area contributed by atoms with Crippen molar-refractivity contribution < 1.29 is 0 Å². The smallest absolute Gasteiger partial charge is 0.167 e. The minimum absolute atomic E-state index is 0.308. The van der Waals surface area contributed by atoms with Crippen molar-refractivity contribution in [3.8, 4) is 34.3 Å². The Labute approximate surface area is 166 Å². The van der Waals surface area contributed by atoms with E-state index in [1.54, 1.807) is 10.9 Å². The minimum atomic E-state index is 0.308. The van der Waals surface area contributed by atoms with Gasteiger partial charge in [0.1, 0.15) is 11.8 Å². The molecule has 29 heavy (non-hydrogen) atoms. The van der Waals surface area contributed by atoms with E-state index in [2.05, 4.69) is 26.3 Å². The van der Waals surface area contributed by atoms with Crippen LogP contribution in [0.2, 0.25) is 0 Å². The summed E-state index contributed by atoms with van der Waals surface area (Å²) in [6, 6.07) is 27.4. The van der Waals surface area contributed by atoms with Gasteiger partial charge in [0.2, 0.25) is 0 Å². The predicted octanol–water partition coefficient (Wildman–Crippen LogP) is 4.42. The van der Waals surface area contributed by atoms with Crippen LogP contribution in [0.5, 0.6) is 0 Å². The van der Waals surface area contributed by atoms with Gasteiger partial charge >= 0.3 is 0 Å². The normalized spacial score (nSPS) is 10.7. The van der Waals surface area contributed by atoms with Gasteiger partial charge in [-0.15, -0.1) is 5.10 Å². The summed E-state index contributed by atoms with van der Waals surface area (Å²) in [6.45, 7) is 0. The van der Waals surface area contributed by atoms with Crippen LogP contribution in [0.15, 0.2) is 85.1 Å². The van der Waals surface area contributed by atoms with Gasteiger partial charge < -0.3 is 0 Å². The van der Waals surface area contributed by atoms with Crippen LogP contribution in [0.25, 0.3) is 39.2 Å². The molecule has 0 saturated carbocycles. The Bertz CT molecular complexity index is 1350. The lowest BCUT2D eigenvalue weighted by Crippen LogP contribution is -2.00. The van der Waals surface area contributed by atoms with Crippen molar-refractivity contribution in [1.29, 1.82) is 5.26 Å². The maximum atomic E-state index is 9.53. The van der Waals surface area contributed by atoms with Crippen LogP contribution in [-0.2, 0) is 0 Å². The van der Waals surface area contributed by atoms with Crippen molar-refractivity contribution in [2.45, 2.75) is 0 Å². The highest BCUT2D eigenvalue weighted by atomic mass is 15.4. The molecular formula is C23H14N6. The number of hydrogen-bond donors (Lipinski definition) is 0. The molecular weight excluding hydrogens is 360 g/mol. The third kappa shape index (κ3) is 3.01. The summed E-state index contributed by atoms with van der Waals surface area (Å²) in [5.41, 5.74) is 5.98.